The molecule has 0 aliphatic heterocycles. The lowest BCUT2D eigenvalue weighted by Gasteiger charge is -2.25. The monoisotopic (exact) mass is 624 g/mol. The van der Waals surface area contributed by atoms with Gasteiger partial charge < -0.3 is 9.32 Å². The van der Waals surface area contributed by atoms with Crippen molar-refractivity contribution in [3.05, 3.63) is 181 Å². The predicted molar refractivity (Wildman–Crippen MR) is 195 cm³/mol. The first-order chi connectivity index (χ1) is 23.2. The van der Waals surface area contributed by atoms with Crippen LogP contribution in [0.4, 0.5) is 17.1 Å². The first-order valence-electron chi connectivity index (χ1n) is 15.6. The molecular formula is C43H29ClN2O. The summed E-state index contributed by atoms with van der Waals surface area (Å²) in [6, 6.07) is 61.0. The Bertz CT molecular complexity index is 2250. The lowest BCUT2D eigenvalue weighted by molar-refractivity contribution is 0.620. The maximum absolute atomic E-state index is 6.34. The van der Waals surface area contributed by atoms with Gasteiger partial charge in [-0.1, -0.05) is 127 Å². The number of fused-ring (bicyclic) bond motifs is 1. The van der Waals surface area contributed by atoms with Crippen molar-refractivity contribution >= 4 is 39.8 Å². The van der Waals surface area contributed by atoms with Crippen LogP contribution in [0.2, 0.25) is 5.02 Å². The van der Waals surface area contributed by atoms with Gasteiger partial charge in [0, 0.05) is 22.6 Å². The van der Waals surface area contributed by atoms with Gasteiger partial charge in [0.1, 0.15) is 5.52 Å². The summed E-state index contributed by atoms with van der Waals surface area (Å²) < 4.78 is 6.01. The van der Waals surface area contributed by atoms with Gasteiger partial charge in [-0.3, -0.25) is 0 Å². The Hall–Kier alpha value is -5.90. The molecule has 1 heterocycles. The third-order valence-electron chi connectivity index (χ3n) is 8.42. The SMILES string of the molecule is Clc1cccc2oc(-c3ccc(-c4ccccc4-c4ccccc4-c4ccc(N(c5ccccc5)c5ccccc5)cc4)cc3)nc12. The minimum atomic E-state index is 0.555. The van der Waals surface area contributed by atoms with E-state index in [1.54, 1.807) is 0 Å². The summed E-state index contributed by atoms with van der Waals surface area (Å²) in [6.07, 6.45) is 0. The summed E-state index contributed by atoms with van der Waals surface area (Å²) in [4.78, 5) is 6.93. The van der Waals surface area contributed by atoms with Crippen LogP contribution in [0.15, 0.2) is 180 Å². The summed E-state index contributed by atoms with van der Waals surface area (Å²) in [6.45, 7) is 0. The fraction of sp³-hybridized carbons (Fsp3) is 0. The Morgan fingerprint density at radius 3 is 1.38 bits per heavy atom. The van der Waals surface area contributed by atoms with E-state index in [1.807, 2.05) is 30.3 Å². The van der Waals surface area contributed by atoms with Crippen molar-refractivity contribution in [3.63, 3.8) is 0 Å². The van der Waals surface area contributed by atoms with Crippen molar-refractivity contribution in [2.45, 2.75) is 0 Å². The number of anilines is 3. The Balaban J connectivity index is 1.14. The second-order valence-corrected chi connectivity index (χ2v) is 11.7. The number of para-hydroxylation sites is 3. The maximum atomic E-state index is 6.34. The van der Waals surface area contributed by atoms with Gasteiger partial charge in [0.05, 0.1) is 5.02 Å². The molecule has 8 rings (SSSR count). The molecule has 0 amide bonds. The molecule has 0 radical (unpaired) electrons. The van der Waals surface area contributed by atoms with Crippen molar-refractivity contribution in [1.29, 1.82) is 0 Å². The lowest BCUT2D eigenvalue weighted by Crippen LogP contribution is -2.09. The molecule has 4 heteroatoms. The molecular weight excluding hydrogens is 596 g/mol. The van der Waals surface area contributed by atoms with Gasteiger partial charge in [-0.2, -0.15) is 0 Å². The lowest BCUT2D eigenvalue weighted by atomic mass is 9.89. The zero-order valence-electron chi connectivity index (χ0n) is 25.4. The molecule has 0 spiro atoms. The van der Waals surface area contributed by atoms with Gasteiger partial charge in [-0.25, -0.2) is 4.98 Å². The standard InChI is InChI=1S/C43H29ClN2O/c44-40-20-11-21-41-42(40)45-43(47-41)32-24-22-30(23-25-32)36-16-7-9-18-38(36)39-19-10-8-17-37(39)31-26-28-35(29-27-31)46(33-12-3-1-4-13-33)34-14-5-2-6-15-34/h1-29H. The van der Waals surface area contributed by atoms with Crippen molar-refractivity contribution in [3.8, 4) is 44.8 Å². The number of hydrogen-bond donors (Lipinski definition) is 0. The van der Waals surface area contributed by atoms with E-state index < -0.39 is 0 Å². The van der Waals surface area contributed by atoms with Gasteiger partial charge in [0.25, 0.3) is 0 Å². The van der Waals surface area contributed by atoms with Crippen molar-refractivity contribution in [2.24, 2.45) is 0 Å². The molecule has 0 atom stereocenters. The molecule has 0 aliphatic rings. The van der Waals surface area contributed by atoms with Crippen LogP contribution in [0.3, 0.4) is 0 Å². The largest absolute Gasteiger partial charge is 0.436 e. The summed E-state index contributed by atoms with van der Waals surface area (Å²) in [5.74, 6) is 0.555. The highest BCUT2D eigenvalue weighted by Crippen LogP contribution is 2.40. The van der Waals surface area contributed by atoms with Gasteiger partial charge in [0.15, 0.2) is 5.58 Å². The first kappa shape index (κ1) is 28.6. The number of halogens is 1. The highest BCUT2D eigenvalue weighted by Gasteiger charge is 2.16. The van der Waals surface area contributed by atoms with E-state index in [2.05, 4.69) is 155 Å². The second kappa shape index (κ2) is 12.5. The Morgan fingerprint density at radius 2 is 0.851 bits per heavy atom. The molecule has 1 aromatic heterocycles. The van der Waals surface area contributed by atoms with Gasteiger partial charge >= 0.3 is 0 Å². The van der Waals surface area contributed by atoms with Crippen LogP contribution in [0.5, 0.6) is 0 Å². The van der Waals surface area contributed by atoms with E-state index in [-0.39, 0.29) is 0 Å². The van der Waals surface area contributed by atoms with Crippen LogP contribution in [-0.4, -0.2) is 4.98 Å². The maximum Gasteiger partial charge on any atom is 0.227 e. The number of benzene rings is 7. The molecule has 0 fully saturated rings. The first-order valence-corrected chi connectivity index (χ1v) is 16.0. The quantitative estimate of drug-likeness (QED) is 0.177. The fourth-order valence-corrected chi connectivity index (χ4v) is 6.37. The van der Waals surface area contributed by atoms with Crippen LogP contribution in [0.25, 0.3) is 55.9 Å². The van der Waals surface area contributed by atoms with Crippen LogP contribution in [0, 0.1) is 0 Å². The van der Waals surface area contributed by atoms with Crippen LogP contribution < -0.4 is 4.90 Å². The second-order valence-electron chi connectivity index (χ2n) is 11.3. The topological polar surface area (TPSA) is 29.3 Å². The molecule has 0 saturated carbocycles. The normalized spacial score (nSPS) is 11.1. The Morgan fingerprint density at radius 1 is 0.404 bits per heavy atom. The van der Waals surface area contributed by atoms with Crippen LogP contribution >= 0.6 is 11.6 Å². The third kappa shape index (κ3) is 5.58. The van der Waals surface area contributed by atoms with E-state index >= 15 is 0 Å². The summed E-state index contributed by atoms with van der Waals surface area (Å²) >= 11 is 6.34. The highest BCUT2D eigenvalue weighted by atomic mass is 35.5. The molecule has 0 N–H and O–H groups in total. The number of oxazole rings is 1. The number of nitrogens with zero attached hydrogens (tertiary/aromatic N) is 2. The third-order valence-corrected chi connectivity index (χ3v) is 8.73. The average molecular weight is 625 g/mol. The summed E-state index contributed by atoms with van der Waals surface area (Å²) in [5, 5.41) is 0.584. The molecule has 0 saturated heterocycles. The summed E-state index contributed by atoms with van der Waals surface area (Å²) in [5.41, 5.74) is 12.6. The molecule has 7 aromatic carbocycles. The zero-order chi connectivity index (χ0) is 31.6. The molecule has 47 heavy (non-hydrogen) atoms. The van der Waals surface area contributed by atoms with Crippen molar-refractivity contribution < 1.29 is 4.42 Å². The number of aromatic nitrogens is 1. The number of rotatable bonds is 7. The van der Waals surface area contributed by atoms with Crippen LogP contribution in [-0.2, 0) is 0 Å². The van der Waals surface area contributed by atoms with Crippen molar-refractivity contribution in [2.75, 3.05) is 4.90 Å². The fourth-order valence-electron chi connectivity index (χ4n) is 6.16. The van der Waals surface area contributed by atoms with E-state index in [0.29, 0.717) is 22.0 Å². The van der Waals surface area contributed by atoms with E-state index in [1.165, 1.54) is 16.7 Å². The Kier molecular flexibility index (Phi) is 7.58. The smallest absolute Gasteiger partial charge is 0.227 e. The number of hydrogen-bond acceptors (Lipinski definition) is 3. The van der Waals surface area contributed by atoms with Gasteiger partial charge in [-0.15, -0.1) is 0 Å². The van der Waals surface area contributed by atoms with E-state index in [0.717, 1.165) is 39.3 Å². The molecule has 0 unspecified atom stereocenters. The van der Waals surface area contributed by atoms with E-state index in [4.69, 9.17) is 16.0 Å². The zero-order valence-corrected chi connectivity index (χ0v) is 26.2. The molecule has 0 aliphatic carbocycles. The van der Waals surface area contributed by atoms with Crippen LogP contribution in [0.1, 0.15) is 0 Å². The van der Waals surface area contributed by atoms with Gasteiger partial charge in [-0.05, 0) is 94.0 Å². The average Bonchev–Trinajstić information content (AvgIpc) is 3.59. The van der Waals surface area contributed by atoms with Gasteiger partial charge in [0.2, 0.25) is 5.89 Å². The molecule has 224 valence electrons. The van der Waals surface area contributed by atoms with E-state index in [9.17, 15) is 0 Å². The minimum absolute atomic E-state index is 0.555. The molecule has 0 bridgehead atoms. The highest BCUT2D eigenvalue weighted by molar-refractivity contribution is 6.34. The summed E-state index contributed by atoms with van der Waals surface area (Å²) in [7, 11) is 0. The predicted octanol–water partition coefficient (Wildman–Crippen LogP) is 12.6. The minimum Gasteiger partial charge on any atom is -0.436 e. The molecule has 8 aromatic rings. The molecule has 3 nitrogen and oxygen atoms in total. The Labute approximate surface area is 279 Å². The van der Waals surface area contributed by atoms with Crippen molar-refractivity contribution in [1.82, 2.24) is 4.98 Å².